The second-order valence-electron chi connectivity index (χ2n) is 5.37. The SMILES string of the molecule is CCc1cccc(NC(=O)CSc2nnc(Nc3ccccc3F)s2)c1. The number of carbonyl (C=O) groups excluding carboxylic acids is 1. The molecule has 3 rings (SSSR count). The number of hydrogen-bond donors (Lipinski definition) is 2. The van der Waals surface area contributed by atoms with Gasteiger partial charge in [0.2, 0.25) is 11.0 Å². The van der Waals surface area contributed by atoms with Gasteiger partial charge in [-0.15, -0.1) is 10.2 Å². The number of amides is 1. The van der Waals surface area contributed by atoms with Gasteiger partial charge in [0.1, 0.15) is 5.82 Å². The molecule has 1 heterocycles. The van der Waals surface area contributed by atoms with Crippen molar-refractivity contribution in [1.82, 2.24) is 10.2 Å². The second kappa shape index (κ2) is 8.77. The Morgan fingerprint density at radius 3 is 2.85 bits per heavy atom. The van der Waals surface area contributed by atoms with Crippen molar-refractivity contribution in [3.05, 3.63) is 59.9 Å². The Labute approximate surface area is 159 Å². The molecule has 26 heavy (non-hydrogen) atoms. The first-order valence-electron chi connectivity index (χ1n) is 8.00. The average Bonchev–Trinajstić information content (AvgIpc) is 3.09. The molecule has 2 aromatic carbocycles. The van der Waals surface area contributed by atoms with E-state index in [1.54, 1.807) is 18.2 Å². The van der Waals surface area contributed by atoms with Crippen molar-refractivity contribution in [2.75, 3.05) is 16.4 Å². The molecule has 1 amide bonds. The van der Waals surface area contributed by atoms with Gasteiger partial charge in [0.15, 0.2) is 4.34 Å². The van der Waals surface area contributed by atoms with Gasteiger partial charge in [-0.3, -0.25) is 4.79 Å². The van der Waals surface area contributed by atoms with Gasteiger partial charge in [0, 0.05) is 5.69 Å². The smallest absolute Gasteiger partial charge is 0.234 e. The van der Waals surface area contributed by atoms with E-state index in [-0.39, 0.29) is 17.5 Å². The molecule has 0 bridgehead atoms. The highest BCUT2D eigenvalue weighted by molar-refractivity contribution is 8.01. The van der Waals surface area contributed by atoms with Gasteiger partial charge in [0.05, 0.1) is 11.4 Å². The van der Waals surface area contributed by atoms with E-state index in [1.165, 1.54) is 34.7 Å². The number of benzene rings is 2. The van der Waals surface area contributed by atoms with E-state index in [0.29, 0.717) is 15.2 Å². The Hall–Kier alpha value is -2.45. The van der Waals surface area contributed by atoms with Gasteiger partial charge in [0.25, 0.3) is 0 Å². The Morgan fingerprint density at radius 2 is 2.04 bits per heavy atom. The number of aromatic nitrogens is 2. The zero-order valence-electron chi connectivity index (χ0n) is 14.0. The summed E-state index contributed by atoms with van der Waals surface area (Å²) < 4.78 is 14.3. The van der Waals surface area contributed by atoms with Crippen LogP contribution in [0.25, 0.3) is 0 Å². The molecule has 0 aliphatic carbocycles. The lowest BCUT2D eigenvalue weighted by molar-refractivity contribution is -0.113. The summed E-state index contributed by atoms with van der Waals surface area (Å²) in [5.74, 6) is -0.238. The summed E-state index contributed by atoms with van der Waals surface area (Å²) in [4.78, 5) is 12.1. The minimum Gasteiger partial charge on any atom is -0.328 e. The number of aryl methyl sites for hydroxylation is 1. The molecule has 0 saturated heterocycles. The molecule has 0 aliphatic rings. The molecule has 0 aliphatic heterocycles. The number of anilines is 3. The van der Waals surface area contributed by atoms with Gasteiger partial charge in [-0.05, 0) is 36.2 Å². The van der Waals surface area contributed by atoms with Crippen LogP contribution in [0.3, 0.4) is 0 Å². The molecule has 1 aromatic heterocycles. The van der Waals surface area contributed by atoms with Crippen molar-refractivity contribution < 1.29 is 9.18 Å². The number of rotatable bonds is 7. The molecule has 0 radical (unpaired) electrons. The summed E-state index contributed by atoms with van der Waals surface area (Å²) in [5.41, 5.74) is 2.30. The van der Waals surface area contributed by atoms with Gasteiger partial charge >= 0.3 is 0 Å². The number of halogens is 1. The topological polar surface area (TPSA) is 66.9 Å². The molecule has 0 atom stereocenters. The lowest BCUT2D eigenvalue weighted by atomic mass is 10.1. The van der Waals surface area contributed by atoms with Crippen LogP contribution in [0.1, 0.15) is 12.5 Å². The zero-order valence-corrected chi connectivity index (χ0v) is 15.7. The fourth-order valence-electron chi connectivity index (χ4n) is 2.19. The highest BCUT2D eigenvalue weighted by Crippen LogP contribution is 2.28. The average molecular weight is 388 g/mol. The Kier molecular flexibility index (Phi) is 6.19. The predicted octanol–water partition coefficient (Wildman–Crippen LogP) is 4.71. The first kappa shape index (κ1) is 18.3. The van der Waals surface area contributed by atoms with Crippen LogP contribution >= 0.6 is 23.1 Å². The number of nitrogens with zero attached hydrogens (tertiary/aromatic N) is 2. The minimum absolute atomic E-state index is 0.109. The predicted molar refractivity (Wildman–Crippen MR) is 105 cm³/mol. The third kappa shape index (κ3) is 5.03. The van der Waals surface area contributed by atoms with Gasteiger partial charge in [-0.1, -0.05) is 54.3 Å². The fraction of sp³-hybridized carbons (Fsp3) is 0.167. The summed E-state index contributed by atoms with van der Waals surface area (Å²) in [6.07, 6.45) is 0.918. The summed E-state index contributed by atoms with van der Waals surface area (Å²) in [6.45, 7) is 2.07. The van der Waals surface area contributed by atoms with Gasteiger partial charge < -0.3 is 10.6 Å². The van der Waals surface area contributed by atoms with Crippen LogP contribution < -0.4 is 10.6 Å². The van der Waals surface area contributed by atoms with Gasteiger partial charge in [-0.25, -0.2) is 4.39 Å². The third-order valence-corrected chi connectivity index (χ3v) is 5.44. The number of thioether (sulfide) groups is 1. The zero-order chi connectivity index (χ0) is 18.4. The van der Waals surface area contributed by atoms with E-state index in [2.05, 4.69) is 27.8 Å². The van der Waals surface area contributed by atoms with Crippen molar-refractivity contribution in [1.29, 1.82) is 0 Å². The van der Waals surface area contributed by atoms with E-state index in [4.69, 9.17) is 0 Å². The number of para-hydroxylation sites is 1. The van der Waals surface area contributed by atoms with Crippen molar-refractivity contribution in [2.24, 2.45) is 0 Å². The number of hydrogen-bond acceptors (Lipinski definition) is 6. The van der Waals surface area contributed by atoms with Gasteiger partial charge in [-0.2, -0.15) is 0 Å². The largest absolute Gasteiger partial charge is 0.328 e. The van der Waals surface area contributed by atoms with Crippen LogP contribution in [0.4, 0.5) is 20.9 Å². The Bertz CT molecular complexity index is 900. The van der Waals surface area contributed by atoms with Crippen molar-refractivity contribution in [3.63, 3.8) is 0 Å². The summed E-state index contributed by atoms with van der Waals surface area (Å²) in [7, 11) is 0. The molecule has 5 nitrogen and oxygen atoms in total. The second-order valence-corrected chi connectivity index (χ2v) is 7.57. The maximum atomic E-state index is 13.6. The summed E-state index contributed by atoms with van der Waals surface area (Å²) in [5, 5.41) is 14.2. The minimum atomic E-state index is -0.356. The van der Waals surface area contributed by atoms with Crippen LogP contribution in [0, 0.1) is 5.82 Å². The lowest BCUT2D eigenvalue weighted by Gasteiger charge is -2.05. The van der Waals surface area contributed by atoms with Crippen LogP contribution in [-0.2, 0) is 11.2 Å². The van der Waals surface area contributed by atoms with Crippen molar-refractivity contribution in [2.45, 2.75) is 17.7 Å². The van der Waals surface area contributed by atoms with Crippen molar-refractivity contribution in [3.8, 4) is 0 Å². The molecular formula is C18H17FN4OS2. The molecule has 134 valence electrons. The maximum Gasteiger partial charge on any atom is 0.234 e. The van der Waals surface area contributed by atoms with Crippen LogP contribution in [0.15, 0.2) is 52.9 Å². The Balaban J connectivity index is 1.52. The Morgan fingerprint density at radius 1 is 1.19 bits per heavy atom. The third-order valence-electron chi connectivity index (χ3n) is 3.47. The van der Waals surface area contributed by atoms with E-state index in [1.807, 2.05) is 24.3 Å². The summed E-state index contributed by atoms with van der Waals surface area (Å²) >= 11 is 2.57. The van der Waals surface area contributed by atoms with E-state index in [9.17, 15) is 9.18 Å². The number of carbonyl (C=O) groups is 1. The first-order chi connectivity index (χ1) is 12.6. The molecular weight excluding hydrogens is 371 g/mol. The molecule has 0 unspecified atom stereocenters. The molecule has 2 N–H and O–H groups in total. The molecule has 0 spiro atoms. The highest BCUT2D eigenvalue weighted by Gasteiger charge is 2.10. The highest BCUT2D eigenvalue weighted by atomic mass is 32.2. The maximum absolute atomic E-state index is 13.6. The fourth-order valence-corrected chi connectivity index (χ4v) is 3.75. The lowest BCUT2D eigenvalue weighted by Crippen LogP contribution is -2.14. The standard InChI is InChI=1S/C18H17FN4OS2/c1-2-12-6-5-7-13(10-12)20-16(24)11-25-18-23-22-17(26-18)21-15-9-4-3-8-14(15)19/h3-10H,2,11H2,1H3,(H,20,24)(H,21,22). The van der Waals surface area contributed by atoms with Crippen LogP contribution in [-0.4, -0.2) is 21.9 Å². The molecule has 8 heteroatoms. The van der Waals surface area contributed by atoms with Crippen LogP contribution in [0.5, 0.6) is 0 Å². The quantitative estimate of drug-likeness (QED) is 0.574. The first-order valence-corrected chi connectivity index (χ1v) is 9.81. The monoisotopic (exact) mass is 388 g/mol. The van der Waals surface area contributed by atoms with E-state index < -0.39 is 0 Å². The van der Waals surface area contributed by atoms with E-state index >= 15 is 0 Å². The summed E-state index contributed by atoms with van der Waals surface area (Å²) in [6, 6.07) is 14.1. The van der Waals surface area contributed by atoms with Crippen LogP contribution in [0.2, 0.25) is 0 Å². The molecule has 0 saturated carbocycles. The number of nitrogens with one attached hydrogen (secondary N) is 2. The molecule has 3 aromatic rings. The molecule has 0 fully saturated rings. The normalized spacial score (nSPS) is 10.5. The van der Waals surface area contributed by atoms with Crippen molar-refractivity contribution >= 4 is 45.5 Å². The van der Waals surface area contributed by atoms with E-state index in [0.717, 1.165) is 12.1 Å².